The minimum Gasteiger partial charge on any atom is -0.373 e. The molecule has 13 heavy (non-hydrogen) atoms. The summed E-state index contributed by atoms with van der Waals surface area (Å²) in [5.41, 5.74) is 7.72. The lowest BCUT2D eigenvalue weighted by atomic mass is 10.1. The summed E-state index contributed by atoms with van der Waals surface area (Å²) >= 11 is 0. The molecule has 0 aromatic heterocycles. The van der Waals surface area contributed by atoms with Gasteiger partial charge in [0.2, 0.25) is 0 Å². The van der Waals surface area contributed by atoms with Crippen LogP contribution in [-0.4, -0.2) is 19.9 Å². The summed E-state index contributed by atoms with van der Waals surface area (Å²) in [6.07, 6.45) is 0. The van der Waals surface area contributed by atoms with Gasteiger partial charge >= 0.3 is 0 Å². The van der Waals surface area contributed by atoms with Gasteiger partial charge in [-0.15, -0.1) is 0 Å². The van der Waals surface area contributed by atoms with Gasteiger partial charge in [0.1, 0.15) is 5.84 Å². The van der Waals surface area contributed by atoms with E-state index in [1.165, 1.54) is 0 Å². The SMILES string of the molecule is CN=C(NC)c1ccc(CN)cc1. The van der Waals surface area contributed by atoms with Crippen LogP contribution in [0.15, 0.2) is 29.3 Å². The Balaban J connectivity index is 2.91. The van der Waals surface area contributed by atoms with Crippen LogP contribution in [0, 0.1) is 0 Å². The molecule has 1 aromatic carbocycles. The number of hydrogen-bond acceptors (Lipinski definition) is 2. The Hall–Kier alpha value is -1.35. The van der Waals surface area contributed by atoms with Crippen LogP contribution in [0.4, 0.5) is 0 Å². The zero-order valence-electron chi connectivity index (χ0n) is 8.04. The molecule has 0 saturated carbocycles. The molecule has 0 atom stereocenters. The Morgan fingerprint density at radius 2 is 2.00 bits per heavy atom. The summed E-state index contributed by atoms with van der Waals surface area (Å²) in [5.74, 6) is 0.892. The molecule has 0 aliphatic carbocycles. The first-order valence-electron chi connectivity index (χ1n) is 4.25. The molecule has 0 bridgehead atoms. The summed E-state index contributed by atoms with van der Waals surface area (Å²) in [7, 11) is 3.63. The van der Waals surface area contributed by atoms with Crippen molar-refractivity contribution in [2.24, 2.45) is 10.7 Å². The van der Waals surface area contributed by atoms with Crippen molar-refractivity contribution in [3.8, 4) is 0 Å². The fourth-order valence-corrected chi connectivity index (χ4v) is 1.18. The number of nitrogens with two attached hydrogens (primary N) is 1. The summed E-state index contributed by atoms with van der Waals surface area (Å²) < 4.78 is 0. The summed E-state index contributed by atoms with van der Waals surface area (Å²) in [4.78, 5) is 4.11. The highest BCUT2D eigenvalue weighted by atomic mass is 14.9. The maximum absolute atomic E-state index is 5.50. The first-order valence-corrected chi connectivity index (χ1v) is 4.25. The predicted octanol–water partition coefficient (Wildman–Crippen LogP) is 0.741. The van der Waals surface area contributed by atoms with Gasteiger partial charge in [0, 0.05) is 26.2 Å². The minimum absolute atomic E-state index is 0.582. The molecule has 0 heterocycles. The molecule has 0 fully saturated rings. The highest BCUT2D eigenvalue weighted by Crippen LogP contribution is 2.03. The Kier molecular flexibility index (Phi) is 3.46. The molecule has 0 radical (unpaired) electrons. The Morgan fingerprint density at radius 1 is 1.38 bits per heavy atom. The van der Waals surface area contributed by atoms with E-state index in [1.54, 1.807) is 7.05 Å². The van der Waals surface area contributed by atoms with Crippen LogP contribution in [0.5, 0.6) is 0 Å². The zero-order chi connectivity index (χ0) is 9.68. The zero-order valence-corrected chi connectivity index (χ0v) is 8.04. The lowest BCUT2D eigenvalue weighted by Gasteiger charge is -2.05. The first-order chi connectivity index (χ1) is 6.31. The third-order valence-corrected chi connectivity index (χ3v) is 1.92. The van der Waals surface area contributed by atoms with Crippen molar-refractivity contribution >= 4 is 5.84 Å². The van der Waals surface area contributed by atoms with Crippen LogP contribution in [0.25, 0.3) is 0 Å². The average molecular weight is 177 g/mol. The lowest BCUT2D eigenvalue weighted by Crippen LogP contribution is -2.19. The molecule has 3 nitrogen and oxygen atoms in total. The molecule has 0 saturated heterocycles. The van der Waals surface area contributed by atoms with Gasteiger partial charge in [-0.25, -0.2) is 0 Å². The number of nitrogens with zero attached hydrogens (tertiary/aromatic N) is 1. The van der Waals surface area contributed by atoms with E-state index in [0.29, 0.717) is 6.54 Å². The van der Waals surface area contributed by atoms with Gasteiger partial charge in [0.15, 0.2) is 0 Å². The monoisotopic (exact) mass is 177 g/mol. The largest absolute Gasteiger partial charge is 0.373 e. The highest BCUT2D eigenvalue weighted by molar-refractivity contribution is 5.98. The number of aliphatic imine (C=N–C) groups is 1. The van der Waals surface area contributed by atoms with E-state index in [0.717, 1.165) is 17.0 Å². The molecule has 0 unspecified atom stereocenters. The van der Waals surface area contributed by atoms with Crippen molar-refractivity contribution in [3.05, 3.63) is 35.4 Å². The molecular formula is C10H15N3. The minimum atomic E-state index is 0.582. The summed E-state index contributed by atoms with van der Waals surface area (Å²) in [5, 5.41) is 3.02. The highest BCUT2D eigenvalue weighted by Gasteiger charge is 1.98. The summed E-state index contributed by atoms with van der Waals surface area (Å²) in [6.45, 7) is 0.582. The smallest absolute Gasteiger partial charge is 0.127 e. The van der Waals surface area contributed by atoms with Gasteiger partial charge < -0.3 is 11.1 Å². The predicted molar refractivity (Wildman–Crippen MR) is 55.9 cm³/mol. The average Bonchev–Trinajstić information content (AvgIpc) is 2.21. The van der Waals surface area contributed by atoms with Gasteiger partial charge in [-0.05, 0) is 5.56 Å². The third-order valence-electron chi connectivity index (χ3n) is 1.92. The molecule has 0 aliphatic heterocycles. The van der Waals surface area contributed by atoms with Crippen LogP contribution in [0.3, 0.4) is 0 Å². The fourth-order valence-electron chi connectivity index (χ4n) is 1.18. The molecule has 0 amide bonds. The molecule has 1 rings (SSSR count). The number of nitrogens with one attached hydrogen (secondary N) is 1. The molecule has 0 spiro atoms. The second kappa shape index (κ2) is 4.62. The number of rotatable bonds is 2. The van der Waals surface area contributed by atoms with Crippen LogP contribution in [-0.2, 0) is 6.54 Å². The van der Waals surface area contributed by atoms with Gasteiger partial charge in [-0.1, -0.05) is 24.3 Å². The van der Waals surface area contributed by atoms with E-state index in [1.807, 2.05) is 31.3 Å². The van der Waals surface area contributed by atoms with Gasteiger partial charge in [0.05, 0.1) is 0 Å². The van der Waals surface area contributed by atoms with Gasteiger partial charge in [-0.2, -0.15) is 0 Å². The van der Waals surface area contributed by atoms with Crippen molar-refractivity contribution in [3.63, 3.8) is 0 Å². The standard InChI is InChI=1S/C10H15N3/c1-12-10(13-2)9-5-3-8(7-11)4-6-9/h3-6H,7,11H2,1-2H3,(H,12,13). The van der Waals surface area contributed by atoms with E-state index in [-0.39, 0.29) is 0 Å². The Morgan fingerprint density at radius 3 is 2.38 bits per heavy atom. The second-order valence-electron chi connectivity index (χ2n) is 2.72. The van der Waals surface area contributed by atoms with E-state index >= 15 is 0 Å². The number of hydrogen-bond donors (Lipinski definition) is 2. The molecule has 70 valence electrons. The maximum atomic E-state index is 5.50. The topological polar surface area (TPSA) is 50.4 Å². The van der Waals surface area contributed by atoms with E-state index in [2.05, 4.69) is 10.3 Å². The molecule has 1 aromatic rings. The molecule has 3 heteroatoms. The second-order valence-corrected chi connectivity index (χ2v) is 2.72. The lowest BCUT2D eigenvalue weighted by molar-refractivity contribution is 1.07. The third kappa shape index (κ3) is 2.29. The van der Waals surface area contributed by atoms with Crippen molar-refractivity contribution < 1.29 is 0 Å². The first kappa shape index (κ1) is 9.74. The Labute approximate surface area is 78.7 Å². The quantitative estimate of drug-likeness (QED) is 0.517. The number of benzene rings is 1. The van der Waals surface area contributed by atoms with Crippen molar-refractivity contribution in [1.82, 2.24) is 5.32 Å². The molecular weight excluding hydrogens is 162 g/mol. The normalized spacial score (nSPS) is 11.5. The van der Waals surface area contributed by atoms with Crippen LogP contribution < -0.4 is 11.1 Å². The molecule has 3 N–H and O–H groups in total. The van der Waals surface area contributed by atoms with Crippen LogP contribution in [0.2, 0.25) is 0 Å². The van der Waals surface area contributed by atoms with Gasteiger partial charge in [0.25, 0.3) is 0 Å². The summed E-state index contributed by atoms with van der Waals surface area (Å²) in [6, 6.07) is 8.05. The van der Waals surface area contributed by atoms with Gasteiger partial charge in [-0.3, -0.25) is 4.99 Å². The Bertz CT molecular complexity index is 288. The van der Waals surface area contributed by atoms with E-state index in [4.69, 9.17) is 5.73 Å². The van der Waals surface area contributed by atoms with E-state index < -0.39 is 0 Å². The van der Waals surface area contributed by atoms with Crippen molar-refractivity contribution in [2.75, 3.05) is 14.1 Å². The van der Waals surface area contributed by atoms with Crippen molar-refractivity contribution in [2.45, 2.75) is 6.54 Å². The van der Waals surface area contributed by atoms with E-state index in [9.17, 15) is 0 Å². The van der Waals surface area contributed by atoms with Crippen molar-refractivity contribution in [1.29, 1.82) is 0 Å². The maximum Gasteiger partial charge on any atom is 0.127 e. The van der Waals surface area contributed by atoms with Crippen LogP contribution >= 0.6 is 0 Å². The number of amidine groups is 1. The fraction of sp³-hybridized carbons (Fsp3) is 0.300. The van der Waals surface area contributed by atoms with Crippen LogP contribution in [0.1, 0.15) is 11.1 Å². The molecule has 0 aliphatic rings.